The summed E-state index contributed by atoms with van der Waals surface area (Å²) in [5.41, 5.74) is 5.62. The predicted molar refractivity (Wildman–Crippen MR) is 106 cm³/mol. The van der Waals surface area contributed by atoms with Crippen molar-refractivity contribution in [3.63, 3.8) is 0 Å². The number of hydrogen-bond donors (Lipinski definition) is 1. The molecule has 8 heteroatoms. The molecule has 2 aromatic rings. The van der Waals surface area contributed by atoms with E-state index in [0.29, 0.717) is 23.5 Å². The van der Waals surface area contributed by atoms with Crippen molar-refractivity contribution in [2.24, 2.45) is 5.73 Å². The van der Waals surface area contributed by atoms with Crippen LogP contribution in [0.3, 0.4) is 0 Å². The molecule has 29 heavy (non-hydrogen) atoms. The average Bonchev–Trinajstić information content (AvgIpc) is 2.90. The number of anilines is 1. The zero-order valence-electron chi connectivity index (χ0n) is 16.6. The lowest BCUT2D eigenvalue weighted by Crippen LogP contribution is -2.51. The van der Waals surface area contributed by atoms with Crippen molar-refractivity contribution in [2.75, 3.05) is 19.1 Å². The van der Waals surface area contributed by atoms with Crippen molar-refractivity contribution in [3.8, 4) is 5.75 Å². The maximum absolute atomic E-state index is 13.7. The Balaban J connectivity index is 2.24. The highest BCUT2D eigenvalue weighted by molar-refractivity contribution is 6.18. The molecular weight excluding hydrogens is 374 g/mol. The molecule has 0 saturated carbocycles. The largest absolute Gasteiger partial charge is 0.465 e. The number of esters is 1. The second kappa shape index (κ2) is 6.23. The van der Waals surface area contributed by atoms with E-state index in [1.807, 2.05) is 6.92 Å². The molecule has 0 unspecified atom stereocenters. The number of aromatic nitrogens is 1. The van der Waals surface area contributed by atoms with Gasteiger partial charge in [-0.15, -0.1) is 0 Å². The summed E-state index contributed by atoms with van der Waals surface area (Å²) >= 11 is 0. The van der Waals surface area contributed by atoms with Crippen LogP contribution in [0.5, 0.6) is 5.75 Å². The van der Waals surface area contributed by atoms with Gasteiger partial charge in [0.15, 0.2) is 0 Å². The third kappa shape index (κ3) is 2.16. The predicted octanol–water partition coefficient (Wildman–Crippen LogP) is 1.17. The van der Waals surface area contributed by atoms with Crippen LogP contribution in [0.2, 0.25) is 0 Å². The second-order valence-corrected chi connectivity index (χ2v) is 7.04. The summed E-state index contributed by atoms with van der Waals surface area (Å²) in [6, 6.07) is 8.68. The molecule has 2 aliphatic heterocycles. The summed E-state index contributed by atoms with van der Waals surface area (Å²) in [7, 11) is 2.79. The Hall–Kier alpha value is -3.55. The molecule has 1 aromatic heterocycles. The number of nitrogens with two attached hydrogens (primary N) is 1. The van der Waals surface area contributed by atoms with Gasteiger partial charge in [-0.25, -0.2) is 4.79 Å². The van der Waals surface area contributed by atoms with Crippen LogP contribution in [0.1, 0.15) is 23.7 Å². The first-order valence-electron chi connectivity index (χ1n) is 9.19. The van der Waals surface area contributed by atoms with E-state index in [1.54, 1.807) is 44.3 Å². The molecular formula is C21H21N3O5. The number of carbonyl (C=O) groups is 2. The lowest BCUT2D eigenvalue weighted by atomic mass is 9.68. The first kappa shape index (κ1) is 18.8. The van der Waals surface area contributed by atoms with Crippen LogP contribution >= 0.6 is 0 Å². The van der Waals surface area contributed by atoms with Gasteiger partial charge in [0.1, 0.15) is 16.7 Å². The maximum Gasteiger partial charge on any atom is 0.340 e. The lowest BCUT2D eigenvalue weighted by Gasteiger charge is -2.35. The van der Waals surface area contributed by atoms with Gasteiger partial charge in [0.25, 0.3) is 5.56 Å². The Kier molecular flexibility index (Phi) is 4.04. The fourth-order valence-corrected chi connectivity index (χ4v) is 4.44. The molecule has 1 aromatic carbocycles. The number of pyridine rings is 1. The molecule has 2 aliphatic rings. The summed E-state index contributed by atoms with van der Waals surface area (Å²) in [6.45, 7) is 4.00. The van der Waals surface area contributed by atoms with Crippen LogP contribution in [-0.4, -0.2) is 30.6 Å². The molecule has 0 bridgehead atoms. The number of fused-ring (bicyclic) bond motifs is 4. The number of carbonyl (C=O) groups excluding carboxylic acids is 2. The second-order valence-electron chi connectivity index (χ2n) is 7.04. The fourth-order valence-electron chi connectivity index (χ4n) is 4.44. The van der Waals surface area contributed by atoms with Crippen molar-refractivity contribution in [1.29, 1.82) is 0 Å². The van der Waals surface area contributed by atoms with Crippen molar-refractivity contribution in [1.82, 2.24) is 4.57 Å². The quantitative estimate of drug-likeness (QED) is 0.766. The highest BCUT2D eigenvalue weighted by Gasteiger charge is 2.61. The third-order valence-corrected chi connectivity index (χ3v) is 5.69. The Morgan fingerprint density at radius 1 is 1.28 bits per heavy atom. The molecule has 0 radical (unpaired) electrons. The van der Waals surface area contributed by atoms with E-state index in [4.69, 9.17) is 15.2 Å². The van der Waals surface area contributed by atoms with Crippen LogP contribution in [0.4, 0.5) is 5.69 Å². The number of aryl methyl sites for hydroxylation is 1. The summed E-state index contributed by atoms with van der Waals surface area (Å²) < 4.78 is 12.2. The van der Waals surface area contributed by atoms with Crippen LogP contribution in [0.25, 0.3) is 0 Å². The number of nitrogens with zero attached hydrogens (tertiary/aromatic N) is 2. The molecule has 0 fully saturated rings. The Morgan fingerprint density at radius 3 is 2.62 bits per heavy atom. The summed E-state index contributed by atoms with van der Waals surface area (Å²) in [5, 5.41) is 0. The number of rotatable bonds is 2. The van der Waals surface area contributed by atoms with Gasteiger partial charge in [-0.2, -0.15) is 0 Å². The van der Waals surface area contributed by atoms with Gasteiger partial charge in [-0.3, -0.25) is 9.59 Å². The maximum atomic E-state index is 13.7. The Bertz CT molecular complexity index is 1160. The zero-order chi connectivity index (χ0) is 21.1. The number of para-hydroxylation sites is 1. The minimum Gasteiger partial charge on any atom is -0.465 e. The number of hydrogen-bond acceptors (Lipinski definition) is 6. The van der Waals surface area contributed by atoms with Crippen molar-refractivity contribution in [3.05, 3.63) is 69.0 Å². The van der Waals surface area contributed by atoms with Crippen LogP contribution in [0, 0.1) is 6.92 Å². The molecule has 0 saturated heterocycles. The first-order valence-corrected chi connectivity index (χ1v) is 9.19. The summed E-state index contributed by atoms with van der Waals surface area (Å²) in [5.74, 6) is -1.37. The SMILES string of the molecule is CCn1c(C)cc2c(c1=O)[C@@]1(C(=O)N(C)c3ccccc31)C(C(=O)OC)=C(N)O2. The highest BCUT2D eigenvalue weighted by atomic mass is 16.5. The normalized spacial score (nSPS) is 19.9. The van der Waals surface area contributed by atoms with E-state index in [9.17, 15) is 14.4 Å². The molecule has 4 rings (SSSR count). The molecule has 1 amide bonds. The van der Waals surface area contributed by atoms with Crippen molar-refractivity contribution < 1.29 is 19.1 Å². The van der Waals surface area contributed by atoms with Crippen molar-refractivity contribution >= 4 is 17.6 Å². The van der Waals surface area contributed by atoms with Gasteiger partial charge in [0.2, 0.25) is 11.8 Å². The van der Waals surface area contributed by atoms with Gasteiger partial charge in [-0.1, -0.05) is 18.2 Å². The third-order valence-electron chi connectivity index (χ3n) is 5.69. The topological polar surface area (TPSA) is 104 Å². The summed E-state index contributed by atoms with van der Waals surface area (Å²) in [6.07, 6.45) is 0. The van der Waals surface area contributed by atoms with Gasteiger partial charge in [-0.05, 0) is 19.9 Å². The van der Waals surface area contributed by atoms with Gasteiger partial charge >= 0.3 is 5.97 Å². The van der Waals surface area contributed by atoms with E-state index in [-0.39, 0.29) is 22.8 Å². The molecule has 8 nitrogen and oxygen atoms in total. The first-order chi connectivity index (χ1) is 13.8. The van der Waals surface area contributed by atoms with E-state index >= 15 is 0 Å². The van der Waals surface area contributed by atoms with Crippen LogP contribution < -0.4 is 20.9 Å². The minimum absolute atomic E-state index is 0.0707. The van der Waals surface area contributed by atoms with E-state index in [2.05, 4.69) is 0 Å². The molecule has 0 aliphatic carbocycles. The van der Waals surface area contributed by atoms with Gasteiger partial charge in [0, 0.05) is 36.6 Å². The number of ether oxygens (including phenoxy) is 2. The van der Waals surface area contributed by atoms with E-state index in [0.717, 1.165) is 0 Å². The standard InChI is InChI=1S/C21H21N3O5/c1-5-24-11(2)10-14-15(18(24)25)21(16(17(22)29-14)19(26)28-4)12-8-6-7-9-13(12)23(3)20(21)27/h6-10H,5,22H2,1-4H3/t21-/m1/s1. The number of likely N-dealkylation sites (N-methyl/N-ethyl adjacent to an activating group) is 1. The number of benzene rings is 1. The Labute approximate surface area is 167 Å². The molecule has 1 spiro atoms. The number of amides is 1. The van der Waals surface area contributed by atoms with Crippen LogP contribution in [0.15, 0.2) is 46.6 Å². The molecule has 150 valence electrons. The molecule has 3 heterocycles. The average molecular weight is 395 g/mol. The molecule has 2 N–H and O–H groups in total. The monoisotopic (exact) mass is 395 g/mol. The van der Waals surface area contributed by atoms with E-state index in [1.165, 1.54) is 16.6 Å². The number of methoxy groups -OCH3 is 1. The van der Waals surface area contributed by atoms with Crippen molar-refractivity contribution in [2.45, 2.75) is 25.8 Å². The van der Waals surface area contributed by atoms with E-state index < -0.39 is 22.9 Å². The van der Waals surface area contributed by atoms with Gasteiger partial charge in [0.05, 0.1) is 12.7 Å². The van der Waals surface area contributed by atoms with Gasteiger partial charge < -0.3 is 24.7 Å². The smallest absolute Gasteiger partial charge is 0.340 e. The lowest BCUT2D eigenvalue weighted by molar-refractivity contribution is -0.138. The fraction of sp³-hybridized carbons (Fsp3) is 0.286. The Morgan fingerprint density at radius 2 is 1.97 bits per heavy atom. The minimum atomic E-state index is -1.74. The molecule has 1 atom stereocenters. The zero-order valence-corrected chi connectivity index (χ0v) is 16.6. The summed E-state index contributed by atoms with van der Waals surface area (Å²) in [4.78, 5) is 41.5. The van der Waals surface area contributed by atoms with Crippen LogP contribution in [-0.2, 0) is 26.3 Å². The highest BCUT2D eigenvalue weighted by Crippen LogP contribution is 2.54.